The molecular formula is C44H66N4O5S. The van der Waals surface area contributed by atoms with Crippen molar-refractivity contribution in [3.8, 4) is 6.01 Å². The summed E-state index contributed by atoms with van der Waals surface area (Å²) in [6.45, 7) is 16.4. The fourth-order valence-electron chi connectivity index (χ4n) is 14.6. The first-order valence-corrected chi connectivity index (χ1v) is 23.1. The van der Waals surface area contributed by atoms with Crippen molar-refractivity contribution in [2.24, 2.45) is 50.7 Å². The third kappa shape index (κ3) is 6.13. The van der Waals surface area contributed by atoms with Gasteiger partial charge in [0, 0.05) is 44.1 Å². The number of fused-ring (bicyclic) bond motifs is 7. The lowest BCUT2D eigenvalue weighted by Crippen LogP contribution is -2.67. The number of rotatable bonds is 9. The van der Waals surface area contributed by atoms with E-state index < -0.39 is 21.2 Å². The maximum absolute atomic E-state index is 12.6. The van der Waals surface area contributed by atoms with Gasteiger partial charge in [-0.05, 0) is 140 Å². The average molecular weight is 763 g/mol. The molecule has 54 heavy (non-hydrogen) atoms. The van der Waals surface area contributed by atoms with Gasteiger partial charge >= 0.3 is 12.0 Å². The van der Waals surface area contributed by atoms with Crippen LogP contribution < -0.4 is 10.1 Å². The van der Waals surface area contributed by atoms with E-state index in [1.54, 1.807) is 18.5 Å². The second-order valence-corrected chi connectivity index (χ2v) is 22.4. The van der Waals surface area contributed by atoms with Gasteiger partial charge in [-0.25, -0.2) is 18.4 Å². The maximum Gasteiger partial charge on any atom is 0.316 e. The number of allylic oxidation sites excluding steroid dienone is 4. The monoisotopic (exact) mass is 762 g/mol. The molecule has 0 spiro atoms. The third-order valence-corrected chi connectivity index (χ3v) is 19.3. The molecule has 4 saturated carbocycles. The van der Waals surface area contributed by atoms with Crippen molar-refractivity contribution in [2.75, 3.05) is 44.3 Å². The van der Waals surface area contributed by atoms with Crippen molar-refractivity contribution in [1.82, 2.24) is 20.2 Å². The van der Waals surface area contributed by atoms with Crippen molar-refractivity contribution in [1.29, 1.82) is 0 Å². The Morgan fingerprint density at radius 2 is 1.65 bits per heavy atom. The Morgan fingerprint density at radius 1 is 0.889 bits per heavy atom. The highest BCUT2D eigenvalue weighted by Gasteiger charge is 2.69. The quantitative estimate of drug-likeness (QED) is 0.264. The molecule has 298 valence electrons. The summed E-state index contributed by atoms with van der Waals surface area (Å²) in [5.74, 6) is 2.58. The van der Waals surface area contributed by atoms with Crippen LogP contribution in [0.3, 0.4) is 0 Å². The average Bonchev–Trinajstić information content (AvgIpc) is 3.56. The standard InChI is InChI=1S/C44H66N4O5S/c1-39(2)32(31-11-18-43(19-12-31,37(49)50)30-53-38-45-22-7-23-46-38)13-16-40(3)35(39)14-17-42(5)36(40)10-9-33-34-8-6-15-44(34,21-20-41(33,42)4)47-24-25-48-26-28-54(51,52)29-27-48/h7,11,13,22-23,33-36,47H,6,8-10,12,14-21,24-30H2,1-5H3,(H,49,50)/t33-,34-,35?,36?,40+,41-,42-,43?,44+/m1/s1. The van der Waals surface area contributed by atoms with Crippen molar-refractivity contribution >= 4 is 15.8 Å². The van der Waals surface area contributed by atoms with Crippen LogP contribution in [0.2, 0.25) is 0 Å². The number of hydrogen-bond donors (Lipinski definition) is 2. The normalized spacial score (nSPS) is 42.7. The molecule has 0 aromatic carbocycles. The fraction of sp³-hybridized carbons (Fsp3) is 0.795. The number of ether oxygens (including phenoxy) is 1. The van der Waals surface area contributed by atoms with Crippen LogP contribution in [-0.2, 0) is 14.6 Å². The Labute approximate surface area is 324 Å². The van der Waals surface area contributed by atoms with Gasteiger partial charge in [0.25, 0.3) is 0 Å². The van der Waals surface area contributed by atoms with E-state index in [0.717, 1.165) is 37.8 Å². The van der Waals surface area contributed by atoms with Crippen molar-refractivity contribution in [2.45, 2.75) is 124 Å². The Hall–Kier alpha value is -2.30. The van der Waals surface area contributed by atoms with Crippen molar-refractivity contribution < 1.29 is 23.1 Å². The minimum Gasteiger partial charge on any atom is -0.481 e. The molecule has 9 atom stereocenters. The molecule has 0 radical (unpaired) electrons. The molecule has 1 aromatic rings. The molecule has 1 saturated heterocycles. The van der Waals surface area contributed by atoms with Gasteiger partial charge in [0.2, 0.25) is 0 Å². The molecule has 5 fully saturated rings. The van der Waals surface area contributed by atoms with E-state index in [1.807, 2.05) is 0 Å². The van der Waals surface area contributed by atoms with E-state index in [4.69, 9.17) is 4.74 Å². The number of carboxylic acids is 1. The minimum absolute atomic E-state index is 0.0190. The summed E-state index contributed by atoms with van der Waals surface area (Å²) >= 11 is 0. The lowest BCUT2D eigenvalue weighted by Gasteiger charge is -2.72. The number of aromatic nitrogens is 2. The molecule has 10 heteroatoms. The second kappa shape index (κ2) is 13.7. The lowest BCUT2D eigenvalue weighted by atomic mass is 9.33. The zero-order chi connectivity index (χ0) is 38.2. The Kier molecular flexibility index (Phi) is 9.77. The summed E-state index contributed by atoms with van der Waals surface area (Å²) in [6.07, 6.45) is 22.7. The molecule has 1 aromatic heterocycles. The van der Waals surface area contributed by atoms with Gasteiger partial charge in [-0.15, -0.1) is 0 Å². The number of carbonyl (C=O) groups is 1. The van der Waals surface area contributed by atoms with Gasteiger partial charge in [0.1, 0.15) is 12.0 Å². The molecule has 2 N–H and O–H groups in total. The van der Waals surface area contributed by atoms with E-state index in [0.29, 0.717) is 60.1 Å². The Balaban J connectivity index is 0.976. The number of aliphatic carboxylic acids is 1. The summed E-state index contributed by atoms with van der Waals surface area (Å²) in [4.78, 5) is 23.3. The van der Waals surface area contributed by atoms with Crippen LogP contribution in [0, 0.1) is 50.7 Å². The molecule has 1 aliphatic heterocycles. The van der Waals surface area contributed by atoms with Crippen molar-refractivity contribution in [3.63, 3.8) is 0 Å². The van der Waals surface area contributed by atoms with Gasteiger partial charge in [-0.3, -0.25) is 4.79 Å². The highest BCUT2D eigenvalue weighted by Crippen LogP contribution is 2.76. The summed E-state index contributed by atoms with van der Waals surface area (Å²) < 4.78 is 29.8. The predicted octanol–water partition coefficient (Wildman–Crippen LogP) is 7.50. The fourth-order valence-corrected chi connectivity index (χ4v) is 15.8. The molecule has 9 nitrogen and oxygen atoms in total. The molecule has 3 unspecified atom stereocenters. The van der Waals surface area contributed by atoms with E-state index >= 15 is 0 Å². The summed E-state index contributed by atoms with van der Waals surface area (Å²) in [5.41, 5.74) is 2.99. The SMILES string of the molecule is CC1(C)C(C2=CCC(COc3ncccn3)(C(=O)O)CC2)=CC[C@@]2(C)C1CC[C@]1(C)C2CC[C@@H]2[C@H]3CCC[C@]3(NCCN3CCS(=O)(=O)CC3)CC[C@]21C. The zero-order valence-corrected chi connectivity index (χ0v) is 34.5. The number of nitrogens with one attached hydrogen (secondary N) is 1. The van der Waals surface area contributed by atoms with E-state index in [2.05, 4.69) is 67.0 Å². The van der Waals surface area contributed by atoms with Crippen LogP contribution in [0.5, 0.6) is 6.01 Å². The van der Waals surface area contributed by atoms with E-state index in [1.165, 1.54) is 68.9 Å². The highest BCUT2D eigenvalue weighted by atomic mass is 32.2. The number of nitrogens with zero attached hydrogens (tertiary/aromatic N) is 3. The number of sulfone groups is 1. The lowest BCUT2D eigenvalue weighted by molar-refractivity contribution is -0.218. The largest absolute Gasteiger partial charge is 0.481 e. The molecule has 7 aliphatic rings. The third-order valence-electron chi connectivity index (χ3n) is 17.7. The Morgan fingerprint density at radius 3 is 2.35 bits per heavy atom. The predicted molar refractivity (Wildman–Crippen MR) is 212 cm³/mol. The molecule has 0 amide bonds. The molecule has 6 aliphatic carbocycles. The van der Waals surface area contributed by atoms with Crippen LogP contribution in [0.4, 0.5) is 0 Å². The topological polar surface area (TPSA) is 122 Å². The van der Waals surface area contributed by atoms with Crippen LogP contribution in [0.25, 0.3) is 0 Å². The minimum atomic E-state index is -2.85. The maximum atomic E-state index is 12.6. The highest BCUT2D eigenvalue weighted by molar-refractivity contribution is 7.91. The van der Waals surface area contributed by atoms with Crippen LogP contribution in [0.15, 0.2) is 41.8 Å². The van der Waals surface area contributed by atoms with Crippen LogP contribution >= 0.6 is 0 Å². The number of hydrogen-bond acceptors (Lipinski definition) is 8. The van der Waals surface area contributed by atoms with Gasteiger partial charge in [-0.2, -0.15) is 0 Å². The van der Waals surface area contributed by atoms with E-state index in [9.17, 15) is 18.3 Å². The zero-order valence-electron chi connectivity index (χ0n) is 33.7. The summed E-state index contributed by atoms with van der Waals surface area (Å²) in [6, 6.07) is 1.96. The second-order valence-electron chi connectivity index (χ2n) is 20.1. The van der Waals surface area contributed by atoms with E-state index in [-0.39, 0.29) is 29.0 Å². The number of carboxylic acid groups (broad SMARTS) is 1. The van der Waals surface area contributed by atoms with Crippen LogP contribution in [0.1, 0.15) is 118 Å². The van der Waals surface area contributed by atoms with Gasteiger partial charge < -0.3 is 20.1 Å². The van der Waals surface area contributed by atoms with Gasteiger partial charge in [0.15, 0.2) is 9.84 Å². The molecule has 8 rings (SSSR count). The summed E-state index contributed by atoms with van der Waals surface area (Å²) in [5, 5.41) is 14.5. The first-order valence-electron chi connectivity index (χ1n) is 21.3. The van der Waals surface area contributed by atoms with Crippen molar-refractivity contribution in [3.05, 3.63) is 41.8 Å². The van der Waals surface area contributed by atoms with Gasteiger partial charge in [-0.1, -0.05) is 53.2 Å². The smallest absolute Gasteiger partial charge is 0.316 e. The molecule has 0 bridgehead atoms. The summed E-state index contributed by atoms with van der Waals surface area (Å²) in [7, 11) is -2.85. The Bertz CT molecular complexity index is 1770. The first-order chi connectivity index (χ1) is 25.6. The van der Waals surface area contributed by atoms with Crippen LogP contribution in [-0.4, -0.2) is 84.2 Å². The van der Waals surface area contributed by atoms with Gasteiger partial charge in [0.05, 0.1) is 11.5 Å². The molecule has 2 heterocycles. The molecular weight excluding hydrogens is 697 g/mol. The first kappa shape index (κ1) is 38.6.